The van der Waals surface area contributed by atoms with E-state index in [2.05, 4.69) is 4.98 Å². The van der Waals surface area contributed by atoms with Crippen molar-refractivity contribution >= 4 is 28.6 Å². The number of carbonyl (C=O) groups is 1. The second-order valence-corrected chi connectivity index (χ2v) is 11.2. The van der Waals surface area contributed by atoms with Crippen molar-refractivity contribution in [2.45, 2.75) is 58.9 Å². The molecule has 0 radical (unpaired) electrons. The Bertz CT molecular complexity index is 1260. The van der Waals surface area contributed by atoms with Crippen LogP contribution in [-0.4, -0.2) is 33.2 Å². The summed E-state index contributed by atoms with van der Waals surface area (Å²) in [5.74, 6) is 1.88. The Labute approximate surface area is 223 Å². The molecule has 2 N–H and O–H groups in total. The molecule has 2 heterocycles. The number of rotatable bonds is 5. The van der Waals surface area contributed by atoms with Crippen LogP contribution in [0.3, 0.4) is 0 Å². The van der Waals surface area contributed by atoms with E-state index in [-0.39, 0.29) is 45.9 Å². The molecule has 0 bridgehead atoms. The van der Waals surface area contributed by atoms with Crippen molar-refractivity contribution in [2.75, 3.05) is 6.54 Å². The molecule has 0 spiro atoms. The van der Waals surface area contributed by atoms with E-state index in [1.807, 2.05) is 59.7 Å². The van der Waals surface area contributed by atoms with E-state index in [9.17, 15) is 9.90 Å². The van der Waals surface area contributed by atoms with Gasteiger partial charge in [0, 0.05) is 41.2 Å². The van der Waals surface area contributed by atoms with E-state index in [0.717, 1.165) is 22.3 Å². The lowest BCUT2D eigenvalue weighted by atomic mass is 9.78. The molecule has 36 heavy (non-hydrogen) atoms. The van der Waals surface area contributed by atoms with Gasteiger partial charge in [-0.1, -0.05) is 41.5 Å². The molecular formula is C29H34BrN3O3. The highest BCUT2D eigenvalue weighted by Gasteiger charge is 2.30. The molecule has 0 fully saturated rings. The van der Waals surface area contributed by atoms with E-state index in [1.54, 1.807) is 41.6 Å². The lowest BCUT2D eigenvalue weighted by Crippen LogP contribution is -2.30. The molecule has 0 unspecified atom stereocenters. The molecule has 6 nitrogen and oxygen atoms in total. The summed E-state index contributed by atoms with van der Waals surface area (Å²) in [6.07, 6.45) is 3.34. The molecule has 0 atom stereocenters. The number of aromatic hydroxyl groups is 1. The maximum absolute atomic E-state index is 13.4. The maximum atomic E-state index is 13.4. The lowest BCUT2D eigenvalue weighted by molar-refractivity contribution is 0.0962. The number of hydrogen-bond donors (Lipinski definition) is 2. The van der Waals surface area contributed by atoms with E-state index in [1.165, 1.54) is 0 Å². The van der Waals surface area contributed by atoms with Crippen molar-refractivity contribution in [3.05, 3.63) is 82.7 Å². The summed E-state index contributed by atoms with van der Waals surface area (Å²) in [6, 6.07) is 12.8. The number of amidine groups is 1. The van der Waals surface area contributed by atoms with Crippen LogP contribution in [0.1, 0.15) is 74.2 Å². The summed E-state index contributed by atoms with van der Waals surface area (Å²) in [7, 11) is 0. The molecule has 4 rings (SSSR count). The van der Waals surface area contributed by atoms with E-state index >= 15 is 0 Å². The minimum absolute atomic E-state index is 0. The molecule has 0 aliphatic carbocycles. The van der Waals surface area contributed by atoms with Gasteiger partial charge in [-0.15, -0.1) is 17.0 Å². The SMILES string of the molecule is Br.CC(C)(C)c1cc(C(=O)CN2Cc3cc(Oc4ccncc4)ccc3C2=N)cc(C(C)(C)C)c1O. The van der Waals surface area contributed by atoms with Crippen LogP contribution in [0, 0.1) is 5.41 Å². The molecule has 7 heteroatoms. The fourth-order valence-corrected chi connectivity index (χ4v) is 4.33. The summed E-state index contributed by atoms with van der Waals surface area (Å²) >= 11 is 0. The normalized spacial score (nSPS) is 13.3. The number of pyridine rings is 1. The Hall–Kier alpha value is -3.19. The molecule has 2 aromatic carbocycles. The van der Waals surface area contributed by atoms with Crippen molar-refractivity contribution in [1.82, 2.24) is 9.88 Å². The number of phenols is 1. The van der Waals surface area contributed by atoms with Gasteiger partial charge in [0.1, 0.15) is 23.1 Å². The molecule has 190 valence electrons. The number of fused-ring (bicyclic) bond motifs is 1. The molecule has 3 aromatic rings. The monoisotopic (exact) mass is 551 g/mol. The van der Waals surface area contributed by atoms with Crippen LogP contribution >= 0.6 is 17.0 Å². The minimum Gasteiger partial charge on any atom is -0.507 e. The summed E-state index contributed by atoms with van der Waals surface area (Å²) in [5.41, 5.74) is 3.19. The Kier molecular flexibility index (Phi) is 7.65. The first-order valence-corrected chi connectivity index (χ1v) is 11.8. The lowest BCUT2D eigenvalue weighted by Gasteiger charge is -2.28. The van der Waals surface area contributed by atoms with Gasteiger partial charge < -0.3 is 14.7 Å². The predicted octanol–water partition coefficient (Wildman–Crippen LogP) is 6.78. The van der Waals surface area contributed by atoms with Gasteiger partial charge in [-0.2, -0.15) is 0 Å². The zero-order valence-corrected chi connectivity index (χ0v) is 23.4. The molecule has 1 aliphatic rings. The standard InChI is InChI=1S/C29H33N3O3.BrH/c1-28(2,3)23-14-18(15-24(26(23)34)29(4,5)6)25(33)17-32-16-19-13-21(7-8-22(19)27(32)30)35-20-9-11-31-12-10-20;/h7-15,30,34H,16-17H2,1-6H3;1H. The van der Waals surface area contributed by atoms with Crippen LogP contribution in [0.25, 0.3) is 0 Å². The van der Waals surface area contributed by atoms with Gasteiger partial charge in [-0.05, 0) is 58.9 Å². The number of nitrogens with zero attached hydrogens (tertiary/aromatic N) is 2. The number of ketones is 1. The average Bonchev–Trinajstić information content (AvgIpc) is 3.07. The van der Waals surface area contributed by atoms with E-state index in [0.29, 0.717) is 29.4 Å². The average molecular weight is 553 g/mol. The first-order chi connectivity index (χ1) is 16.3. The number of nitrogens with one attached hydrogen (secondary N) is 1. The van der Waals surface area contributed by atoms with Gasteiger partial charge in [0.05, 0.1) is 6.54 Å². The van der Waals surface area contributed by atoms with Gasteiger partial charge in [0.25, 0.3) is 0 Å². The maximum Gasteiger partial charge on any atom is 0.182 e. The number of carbonyl (C=O) groups excluding carboxylic acids is 1. The molecular weight excluding hydrogens is 518 g/mol. The predicted molar refractivity (Wildman–Crippen MR) is 148 cm³/mol. The van der Waals surface area contributed by atoms with Gasteiger partial charge in [-0.3, -0.25) is 15.2 Å². The third-order valence-electron chi connectivity index (χ3n) is 6.28. The van der Waals surface area contributed by atoms with Crippen LogP contribution in [0.4, 0.5) is 0 Å². The highest BCUT2D eigenvalue weighted by molar-refractivity contribution is 8.93. The van der Waals surface area contributed by atoms with E-state index < -0.39 is 0 Å². The summed E-state index contributed by atoms with van der Waals surface area (Å²) < 4.78 is 5.91. The zero-order valence-electron chi connectivity index (χ0n) is 21.7. The fraction of sp³-hybridized carbons (Fsp3) is 0.345. The number of phenolic OH excluding ortho intramolecular Hbond substituents is 1. The van der Waals surface area contributed by atoms with E-state index in [4.69, 9.17) is 10.1 Å². The zero-order chi connectivity index (χ0) is 25.5. The largest absolute Gasteiger partial charge is 0.507 e. The van der Waals surface area contributed by atoms with Crippen molar-refractivity contribution in [1.29, 1.82) is 5.41 Å². The number of hydrogen-bond acceptors (Lipinski definition) is 5. The van der Waals surface area contributed by atoms with Crippen molar-refractivity contribution < 1.29 is 14.6 Å². The molecule has 1 aliphatic heterocycles. The summed E-state index contributed by atoms with van der Waals surface area (Å²) in [6.45, 7) is 12.7. The Morgan fingerprint density at radius 2 is 1.56 bits per heavy atom. The number of halogens is 1. The Morgan fingerprint density at radius 3 is 2.11 bits per heavy atom. The first kappa shape index (κ1) is 27.4. The third-order valence-corrected chi connectivity index (χ3v) is 6.28. The van der Waals surface area contributed by atoms with Crippen LogP contribution in [0.2, 0.25) is 0 Å². The minimum atomic E-state index is -0.317. The third kappa shape index (κ3) is 5.62. The highest BCUT2D eigenvalue weighted by Crippen LogP contribution is 2.40. The van der Waals surface area contributed by atoms with Gasteiger partial charge in [-0.25, -0.2) is 0 Å². The van der Waals surface area contributed by atoms with Crippen molar-refractivity contribution in [3.8, 4) is 17.2 Å². The van der Waals surface area contributed by atoms with Crippen LogP contribution < -0.4 is 4.74 Å². The fourth-order valence-electron chi connectivity index (χ4n) is 4.33. The van der Waals surface area contributed by atoms with Gasteiger partial charge >= 0.3 is 0 Å². The second-order valence-electron chi connectivity index (χ2n) is 11.2. The topological polar surface area (TPSA) is 86.5 Å². The summed E-state index contributed by atoms with van der Waals surface area (Å²) in [4.78, 5) is 19.2. The molecule has 1 aromatic heterocycles. The molecule has 0 amide bonds. The second kappa shape index (κ2) is 10.1. The number of aromatic nitrogens is 1. The Morgan fingerprint density at radius 1 is 0.972 bits per heavy atom. The van der Waals surface area contributed by atoms with Gasteiger partial charge in [0.15, 0.2) is 5.78 Å². The molecule has 0 saturated carbocycles. The van der Waals surface area contributed by atoms with Crippen LogP contribution in [0.15, 0.2) is 54.9 Å². The smallest absolute Gasteiger partial charge is 0.182 e. The highest BCUT2D eigenvalue weighted by atomic mass is 79.9. The summed E-state index contributed by atoms with van der Waals surface area (Å²) in [5, 5.41) is 19.6. The number of benzene rings is 2. The van der Waals surface area contributed by atoms with Crippen molar-refractivity contribution in [3.63, 3.8) is 0 Å². The number of Topliss-reactive ketones (excluding diaryl/α,β-unsaturated/α-hetero) is 1. The van der Waals surface area contributed by atoms with Crippen LogP contribution in [0.5, 0.6) is 17.2 Å². The first-order valence-electron chi connectivity index (χ1n) is 11.8. The molecule has 0 saturated heterocycles. The van der Waals surface area contributed by atoms with Gasteiger partial charge in [0.2, 0.25) is 0 Å². The number of ether oxygens (including phenoxy) is 1. The van der Waals surface area contributed by atoms with Crippen molar-refractivity contribution in [2.24, 2.45) is 0 Å². The Balaban J connectivity index is 0.00000361. The van der Waals surface area contributed by atoms with Crippen LogP contribution in [-0.2, 0) is 17.4 Å². The quantitative estimate of drug-likeness (QED) is 0.341.